The zero-order valence-corrected chi connectivity index (χ0v) is 15.3. The summed E-state index contributed by atoms with van der Waals surface area (Å²) in [5, 5.41) is 6.22. The molecule has 5 heteroatoms. The third kappa shape index (κ3) is 4.84. The SMILES string of the molecule is CC(C)Oc1ccccc1-c1cccc(C(=O)NCC2CNCCO2)c1. The number of benzene rings is 2. The zero-order chi connectivity index (χ0) is 18.4. The summed E-state index contributed by atoms with van der Waals surface area (Å²) in [6.07, 6.45) is 0.114. The smallest absolute Gasteiger partial charge is 0.251 e. The van der Waals surface area contributed by atoms with Gasteiger partial charge in [-0.15, -0.1) is 0 Å². The lowest BCUT2D eigenvalue weighted by Crippen LogP contribution is -2.45. The number of morpholine rings is 1. The Morgan fingerprint density at radius 1 is 1.27 bits per heavy atom. The van der Waals surface area contributed by atoms with Crippen molar-refractivity contribution in [2.45, 2.75) is 26.1 Å². The first-order valence-electron chi connectivity index (χ1n) is 9.10. The van der Waals surface area contributed by atoms with E-state index in [1.165, 1.54) is 0 Å². The number of para-hydroxylation sites is 1. The summed E-state index contributed by atoms with van der Waals surface area (Å²) in [7, 11) is 0. The minimum atomic E-state index is -0.0942. The fourth-order valence-corrected chi connectivity index (χ4v) is 2.95. The maximum Gasteiger partial charge on any atom is 0.251 e. The van der Waals surface area contributed by atoms with Gasteiger partial charge in [-0.3, -0.25) is 4.79 Å². The monoisotopic (exact) mass is 354 g/mol. The lowest BCUT2D eigenvalue weighted by molar-refractivity contribution is 0.0287. The molecule has 1 aliphatic heterocycles. The summed E-state index contributed by atoms with van der Waals surface area (Å²) >= 11 is 0. The van der Waals surface area contributed by atoms with Crippen LogP contribution in [-0.4, -0.2) is 44.4 Å². The van der Waals surface area contributed by atoms with Crippen LogP contribution in [0.1, 0.15) is 24.2 Å². The van der Waals surface area contributed by atoms with E-state index in [0.29, 0.717) is 18.7 Å². The van der Waals surface area contributed by atoms with Crippen molar-refractivity contribution >= 4 is 5.91 Å². The molecule has 0 spiro atoms. The van der Waals surface area contributed by atoms with Crippen LogP contribution >= 0.6 is 0 Å². The van der Waals surface area contributed by atoms with E-state index in [-0.39, 0.29) is 18.1 Å². The Hall–Kier alpha value is -2.37. The van der Waals surface area contributed by atoms with Gasteiger partial charge >= 0.3 is 0 Å². The zero-order valence-electron chi connectivity index (χ0n) is 15.3. The molecule has 2 aromatic carbocycles. The number of amides is 1. The standard InChI is InChI=1S/C21H26N2O3/c1-15(2)26-20-9-4-3-8-19(20)16-6-5-7-17(12-16)21(24)23-14-18-13-22-10-11-25-18/h3-9,12,15,18,22H,10-11,13-14H2,1-2H3,(H,23,24). The molecule has 0 radical (unpaired) electrons. The normalized spacial score (nSPS) is 17.1. The van der Waals surface area contributed by atoms with E-state index in [1.807, 2.05) is 62.4 Å². The van der Waals surface area contributed by atoms with Gasteiger partial charge in [-0.2, -0.15) is 0 Å². The Bertz CT molecular complexity index is 740. The van der Waals surface area contributed by atoms with E-state index in [0.717, 1.165) is 30.0 Å². The molecule has 0 aliphatic carbocycles. The fraction of sp³-hybridized carbons (Fsp3) is 0.381. The van der Waals surface area contributed by atoms with Crippen LogP contribution < -0.4 is 15.4 Å². The quantitative estimate of drug-likeness (QED) is 0.837. The lowest BCUT2D eigenvalue weighted by Gasteiger charge is -2.23. The highest BCUT2D eigenvalue weighted by molar-refractivity contribution is 5.95. The van der Waals surface area contributed by atoms with E-state index in [1.54, 1.807) is 0 Å². The number of nitrogens with one attached hydrogen (secondary N) is 2. The first-order valence-corrected chi connectivity index (χ1v) is 9.10. The lowest BCUT2D eigenvalue weighted by atomic mass is 10.0. The second kappa shape index (κ2) is 8.83. The topological polar surface area (TPSA) is 59.6 Å². The van der Waals surface area contributed by atoms with E-state index < -0.39 is 0 Å². The van der Waals surface area contributed by atoms with E-state index in [9.17, 15) is 4.79 Å². The number of rotatable bonds is 6. The second-order valence-corrected chi connectivity index (χ2v) is 6.65. The van der Waals surface area contributed by atoms with Crippen molar-refractivity contribution in [2.75, 3.05) is 26.2 Å². The Morgan fingerprint density at radius 3 is 2.88 bits per heavy atom. The number of carbonyl (C=O) groups excluding carboxylic acids is 1. The summed E-state index contributed by atoms with van der Waals surface area (Å²) in [6.45, 7) is 6.82. The third-order valence-electron chi connectivity index (χ3n) is 4.18. The maximum absolute atomic E-state index is 12.5. The molecule has 0 aromatic heterocycles. The molecule has 2 aromatic rings. The van der Waals surface area contributed by atoms with Crippen molar-refractivity contribution < 1.29 is 14.3 Å². The molecule has 1 atom stereocenters. The average Bonchev–Trinajstić information content (AvgIpc) is 2.67. The van der Waals surface area contributed by atoms with E-state index in [4.69, 9.17) is 9.47 Å². The molecule has 138 valence electrons. The van der Waals surface area contributed by atoms with Crippen molar-refractivity contribution in [1.29, 1.82) is 0 Å². The van der Waals surface area contributed by atoms with Crippen molar-refractivity contribution in [3.8, 4) is 16.9 Å². The predicted molar refractivity (Wildman–Crippen MR) is 103 cm³/mol. The molecular weight excluding hydrogens is 328 g/mol. The van der Waals surface area contributed by atoms with E-state index in [2.05, 4.69) is 10.6 Å². The van der Waals surface area contributed by atoms with Gasteiger partial charge in [-0.25, -0.2) is 0 Å². The van der Waals surface area contributed by atoms with Crippen molar-refractivity contribution in [2.24, 2.45) is 0 Å². The summed E-state index contributed by atoms with van der Waals surface area (Å²) in [5.74, 6) is 0.727. The van der Waals surface area contributed by atoms with Crippen LogP contribution in [0.15, 0.2) is 48.5 Å². The molecule has 0 saturated carbocycles. The fourth-order valence-electron chi connectivity index (χ4n) is 2.95. The average molecular weight is 354 g/mol. The van der Waals surface area contributed by atoms with Gasteiger partial charge in [0.15, 0.2) is 0 Å². The summed E-state index contributed by atoms with van der Waals surface area (Å²) in [4.78, 5) is 12.5. The van der Waals surface area contributed by atoms with Gasteiger partial charge in [0, 0.05) is 30.8 Å². The molecule has 2 N–H and O–H groups in total. The van der Waals surface area contributed by atoms with Crippen LogP contribution in [-0.2, 0) is 4.74 Å². The van der Waals surface area contributed by atoms with E-state index >= 15 is 0 Å². The largest absolute Gasteiger partial charge is 0.490 e. The highest BCUT2D eigenvalue weighted by Crippen LogP contribution is 2.31. The summed E-state index contributed by atoms with van der Waals surface area (Å²) < 4.78 is 11.5. The van der Waals surface area contributed by atoms with Gasteiger partial charge in [0.25, 0.3) is 5.91 Å². The minimum Gasteiger partial charge on any atom is -0.490 e. The molecule has 3 rings (SSSR count). The molecule has 1 unspecified atom stereocenters. The van der Waals surface area contributed by atoms with Crippen LogP contribution in [0.2, 0.25) is 0 Å². The number of hydrogen-bond donors (Lipinski definition) is 2. The van der Waals surface area contributed by atoms with Crippen LogP contribution in [0.5, 0.6) is 5.75 Å². The molecule has 1 heterocycles. The van der Waals surface area contributed by atoms with Gasteiger partial charge in [-0.1, -0.05) is 30.3 Å². The third-order valence-corrected chi connectivity index (χ3v) is 4.18. The Labute approximate surface area is 154 Å². The van der Waals surface area contributed by atoms with Crippen LogP contribution in [0.25, 0.3) is 11.1 Å². The second-order valence-electron chi connectivity index (χ2n) is 6.65. The van der Waals surface area contributed by atoms with Gasteiger partial charge in [0.05, 0.1) is 18.8 Å². The Kier molecular flexibility index (Phi) is 6.26. The van der Waals surface area contributed by atoms with Crippen molar-refractivity contribution in [3.63, 3.8) is 0 Å². The minimum absolute atomic E-state index is 0.0241. The molecule has 5 nitrogen and oxygen atoms in total. The highest BCUT2D eigenvalue weighted by Gasteiger charge is 2.15. The molecule has 1 fully saturated rings. The van der Waals surface area contributed by atoms with Crippen LogP contribution in [0.4, 0.5) is 0 Å². The molecule has 0 bridgehead atoms. The number of ether oxygens (including phenoxy) is 2. The first-order chi connectivity index (χ1) is 12.6. The van der Waals surface area contributed by atoms with Gasteiger partial charge in [0.2, 0.25) is 0 Å². The van der Waals surface area contributed by atoms with Crippen molar-refractivity contribution in [3.05, 3.63) is 54.1 Å². The summed E-state index contributed by atoms with van der Waals surface area (Å²) in [6, 6.07) is 15.5. The molecule has 1 amide bonds. The summed E-state index contributed by atoms with van der Waals surface area (Å²) in [5.41, 5.74) is 2.57. The molecule has 26 heavy (non-hydrogen) atoms. The van der Waals surface area contributed by atoms with Crippen LogP contribution in [0, 0.1) is 0 Å². The maximum atomic E-state index is 12.5. The van der Waals surface area contributed by atoms with Crippen molar-refractivity contribution in [1.82, 2.24) is 10.6 Å². The Morgan fingerprint density at radius 2 is 2.12 bits per heavy atom. The highest BCUT2D eigenvalue weighted by atomic mass is 16.5. The van der Waals surface area contributed by atoms with Gasteiger partial charge < -0.3 is 20.1 Å². The number of hydrogen-bond acceptors (Lipinski definition) is 4. The first kappa shape index (κ1) is 18.4. The molecular formula is C21H26N2O3. The molecule has 1 saturated heterocycles. The predicted octanol–water partition coefficient (Wildman–Crippen LogP) is 2.86. The van der Waals surface area contributed by atoms with Crippen LogP contribution in [0.3, 0.4) is 0 Å². The van der Waals surface area contributed by atoms with Gasteiger partial charge in [-0.05, 0) is 37.6 Å². The Balaban J connectivity index is 1.73. The molecule has 1 aliphatic rings. The van der Waals surface area contributed by atoms with Gasteiger partial charge in [0.1, 0.15) is 5.75 Å². The number of carbonyl (C=O) groups is 1.